The molecule has 172 valence electrons. The Morgan fingerprint density at radius 1 is 1.26 bits per heavy atom. The lowest BCUT2D eigenvalue weighted by Crippen LogP contribution is -2.27. The maximum absolute atomic E-state index is 14.2. The Labute approximate surface area is 189 Å². The normalized spacial score (nSPS) is 12.6. The topological polar surface area (TPSA) is 170 Å². The summed E-state index contributed by atoms with van der Waals surface area (Å²) in [5, 5.41) is 22.7. The highest BCUT2D eigenvalue weighted by molar-refractivity contribution is 6.04. The second kappa shape index (κ2) is 8.19. The molecule has 3 N–H and O–H groups in total. The van der Waals surface area contributed by atoms with Gasteiger partial charge in [0, 0.05) is 12.6 Å². The molecule has 1 aromatic carbocycles. The van der Waals surface area contributed by atoms with E-state index in [-0.39, 0.29) is 42.0 Å². The molecule has 34 heavy (non-hydrogen) atoms. The molecular weight excluding hydrogens is 451 g/mol. The fourth-order valence-electron chi connectivity index (χ4n) is 3.23. The Morgan fingerprint density at radius 3 is 2.91 bits per heavy atom. The highest BCUT2D eigenvalue weighted by Crippen LogP contribution is 2.28. The van der Waals surface area contributed by atoms with Crippen molar-refractivity contribution in [2.45, 2.75) is 6.54 Å². The Balaban J connectivity index is 1.38. The minimum atomic E-state index is -0.813. The molecule has 1 aliphatic rings. The monoisotopic (exact) mass is 466 g/mol. The van der Waals surface area contributed by atoms with Crippen LogP contribution in [0.25, 0.3) is 5.65 Å². The largest absolute Gasteiger partial charge is 0.482 e. The van der Waals surface area contributed by atoms with E-state index >= 15 is 0 Å². The number of nitrogens with one attached hydrogen (secondary N) is 3. The number of hydrogen-bond acceptors (Lipinski definition) is 9. The predicted molar refractivity (Wildman–Crippen MR) is 111 cm³/mol. The van der Waals surface area contributed by atoms with Crippen molar-refractivity contribution in [2.24, 2.45) is 7.05 Å². The second-order valence-electron chi connectivity index (χ2n) is 7.16. The first-order valence-corrected chi connectivity index (χ1v) is 9.81. The first-order chi connectivity index (χ1) is 16.4. The van der Waals surface area contributed by atoms with Crippen LogP contribution in [0.1, 0.15) is 26.5 Å². The van der Waals surface area contributed by atoms with Crippen molar-refractivity contribution in [3.05, 3.63) is 53.2 Å². The summed E-state index contributed by atoms with van der Waals surface area (Å²) in [6.07, 6.45) is 0.880. The van der Waals surface area contributed by atoms with E-state index in [1.165, 1.54) is 13.1 Å². The van der Waals surface area contributed by atoms with Gasteiger partial charge in [-0.25, -0.2) is 13.9 Å². The van der Waals surface area contributed by atoms with Gasteiger partial charge in [0.15, 0.2) is 18.1 Å². The molecule has 4 heterocycles. The average molecular weight is 466 g/mol. The first kappa shape index (κ1) is 20.9. The van der Waals surface area contributed by atoms with Gasteiger partial charge in [-0.3, -0.25) is 19.7 Å². The van der Waals surface area contributed by atoms with Crippen LogP contribution in [0.15, 0.2) is 30.5 Å². The number of hydrogen-bond donors (Lipinski definition) is 3. The molecule has 3 aromatic heterocycles. The standard InChI is InChI=1S/C19H15FN10O4/c1-29-27-19(26-28-29)25-18(33)13-5-12(24-16-10(20)7-22-30(13)16)17(32)21-6-9-2-3-14-11(4-9)23-15(31)8-34-14/h2-5,7H,6,8H2,1H3,(H,21,32)(H,23,31)(H,25,27,33). The van der Waals surface area contributed by atoms with Gasteiger partial charge in [-0.15, -0.1) is 5.10 Å². The van der Waals surface area contributed by atoms with Crippen LogP contribution >= 0.6 is 0 Å². The molecule has 0 fully saturated rings. The van der Waals surface area contributed by atoms with Crippen molar-refractivity contribution in [3.8, 4) is 5.75 Å². The van der Waals surface area contributed by atoms with Crippen LogP contribution in [0.4, 0.5) is 16.0 Å². The third kappa shape index (κ3) is 3.96. The molecule has 0 bridgehead atoms. The molecule has 5 rings (SSSR count). The Hall–Kier alpha value is -4.95. The molecule has 0 saturated heterocycles. The number of aryl methyl sites for hydroxylation is 1. The van der Waals surface area contributed by atoms with Gasteiger partial charge in [-0.1, -0.05) is 11.2 Å². The van der Waals surface area contributed by atoms with Crippen LogP contribution in [0.5, 0.6) is 5.75 Å². The molecule has 14 nitrogen and oxygen atoms in total. The average Bonchev–Trinajstić information content (AvgIpc) is 3.41. The van der Waals surface area contributed by atoms with Crippen molar-refractivity contribution in [1.82, 2.24) is 40.1 Å². The lowest BCUT2D eigenvalue weighted by atomic mass is 10.1. The molecule has 0 saturated carbocycles. The number of benzene rings is 1. The number of rotatable bonds is 5. The number of tetrazole rings is 1. The number of carbonyl (C=O) groups excluding carboxylic acids is 3. The molecule has 0 atom stereocenters. The van der Waals surface area contributed by atoms with E-state index < -0.39 is 17.6 Å². The van der Waals surface area contributed by atoms with E-state index in [0.29, 0.717) is 17.0 Å². The lowest BCUT2D eigenvalue weighted by molar-refractivity contribution is -0.118. The van der Waals surface area contributed by atoms with Gasteiger partial charge in [0.1, 0.15) is 17.1 Å². The summed E-state index contributed by atoms with van der Waals surface area (Å²) in [6.45, 7) is 0.00679. The maximum Gasteiger partial charge on any atom is 0.276 e. The SMILES string of the molecule is Cn1nnc(NC(=O)c2cc(C(=O)NCc3ccc4c(c3)NC(=O)CO4)nc3c(F)cnn23)n1. The van der Waals surface area contributed by atoms with Crippen LogP contribution < -0.4 is 20.7 Å². The Bertz CT molecular complexity index is 1460. The second-order valence-corrected chi connectivity index (χ2v) is 7.16. The number of nitrogens with zero attached hydrogens (tertiary/aromatic N) is 7. The van der Waals surface area contributed by atoms with E-state index in [4.69, 9.17) is 4.74 Å². The number of fused-ring (bicyclic) bond motifs is 2. The molecule has 0 radical (unpaired) electrons. The van der Waals surface area contributed by atoms with Crippen molar-refractivity contribution >= 4 is 35.0 Å². The number of carbonyl (C=O) groups is 3. The summed E-state index contributed by atoms with van der Waals surface area (Å²) >= 11 is 0. The van der Waals surface area contributed by atoms with Crippen molar-refractivity contribution in [1.29, 1.82) is 0 Å². The maximum atomic E-state index is 14.2. The van der Waals surface area contributed by atoms with Crippen molar-refractivity contribution < 1.29 is 23.5 Å². The van der Waals surface area contributed by atoms with Crippen LogP contribution in [0.2, 0.25) is 0 Å². The Kier molecular flexibility index (Phi) is 5.04. The summed E-state index contributed by atoms with van der Waals surface area (Å²) in [5.41, 5.74) is 0.471. The van der Waals surface area contributed by atoms with Crippen LogP contribution in [-0.2, 0) is 18.4 Å². The molecule has 0 unspecified atom stereocenters. The van der Waals surface area contributed by atoms with Gasteiger partial charge in [0.2, 0.25) is 0 Å². The van der Waals surface area contributed by atoms with Crippen LogP contribution in [0.3, 0.4) is 0 Å². The van der Waals surface area contributed by atoms with Gasteiger partial charge in [-0.05, 0) is 22.9 Å². The van der Waals surface area contributed by atoms with E-state index in [1.807, 2.05) is 0 Å². The fraction of sp³-hybridized carbons (Fsp3) is 0.158. The summed E-state index contributed by atoms with van der Waals surface area (Å²) < 4.78 is 20.5. The highest BCUT2D eigenvalue weighted by atomic mass is 19.1. The predicted octanol–water partition coefficient (Wildman–Crippen LogP) is -0.0949. The molecule has 1 aliphatic heterocycles. The summed E-state index contributed by atoms with van der Waals surface area (Å²) in [5.74, 6) is -2.06. The van der Waals surface area contributed by atoms with Gasteiger partial charge in [0.05, 0.1) is 18.9 Å². The van der Waals surface area contributed by atoms with Crippen LogP contribution in [0, 0.1) is 5.82 Å². The van der Waals surface area contributed by atoms with Crippen LogP contribution in [-0.4, -0.2) is 59.1 Å². The minimum Gasteiger partial charge on any atom is -0.482 e. The van der Waals surface area contributed by atoms with Gasteiger partial charge < -0.3 is 15.4 Å². The van der Waals surface area contributed by atoms with E-state index in [2.05, 4.69) is 41.4 Å². The van der Waals surface area contributed by atoms with Gasteiger partial charge in [0.25, 0.3) is 23.7 Å². The highest BCUT2D eigenvalue weighted by Gasteiger charge is 2.21. The smallest absolute Gasteiger partial charge is 0.276 e. The first-order valence-electron chi connectivity index (χ1n) is 9.81. The lowest BCUT2D eigenvalue weighted by Gasteiger charge is -2.18. The number of amides is 3. The zero-order chi connectivity index (χ0) is 23.8. The quantitative estimate of drug-likeness (QED) is 0.363. The van der Waals surface area contributed by atoms with Crippen molar-refractivity contribution in [2.75, 3.05) is 17.2 Å². The molecule has 15 heteroatoms. The zero-order valence-corrected chi connectivity index (χ0v) is 17.4. The van der Waals surface area contributed by atoms with E-state index in [0.717, 1.165) is 15.5 Å². The number of aromatic nitrogens is 7. The molecular formula is C19H15FN10O4. The van der Waals surface area contributed by atoms with Gasteiger partial charge >= 0.3 is 0 Å². The molecule has 0 spiro atoms. The third-order valence-electron chi connectivity index (χ3n) is 4.76. The molecule has 4 aromatic rings. The zero-order valence-electron chi connectivity index (χ0n) is 17.4. The fourth-order valence-corrected chi connectivity index (χ4v) is 3.23. The van der Waals surface area contributed by atoms with Gasteiger partial charge in [-0.2, -0.15) is 9.90 Å². The number of ether oxygens (including phenoxy) is 1. The summed E-state index contributed by atoms with van der Waals surface area (Å²) in [7, 11) is 1.52. The number of anilines is 2. The summed E-state index contributed by atoms with van der Waals surface area (Å²) in [4.78, 5) is 42.2. The minimum absolute atomic E-state index is 0.0643. The molecule has 0 aliphatic carbocycles. The van der Waals surface area contributed by atoms with Crippen molar-refractivity contribution in [3.63, 3.8) is 0 Å². The van der Waals surface area contributed by atoms with E-state index in [1.54, 1.807) is 18.2 Å². The summed E-state index contributed by atoms with van der Waals surface area (Å²) in [6, 6.07) is 6.22. The third-order valence-corrected chi connectivity index (χ3v) is 4.76. The number of halogens is 1. The Morgan fingerprint density at radius 2 is 2.12 bits per heavy atom. The molecule has 3 amide bonds. The van der Waals surface area contributed by atoms with E-state index in [9.17, 15) is 18.8 Å².